The molecule has 5 rings (SSSR count). The average molecular weight is 419 g/mol. The van der Waals surface area contributed by atoms with Crippen LogP contribution in [-0.2, 0) is 7.05 Å². The molecule has 0 aromatic carbocycles. The zero-order valence-electron chi connectivity index (χ0n) is 17.6. The van der Waals surface area contributed by atoms with Gasteiger partial charge in [-0.2, -0.15) is 10.2 Å². The van der Waals surface area contributed by atoms with Crippen molar-refractivity contribution in [3.63, 3.8) is 0 Å². The number of hydrogen-bond donors (Lipinski definition) is 2. The molecular weight excluding hydrogens is 394 g/mol. The second-order valence-corrected chi connectivity index (χ2v) is 7.97. The molecule has 4 aromatic heterocycles. The van der Waals surface area contributed by atoms with Crippen LogP contribution in [0, 0.1) is 0 Å². The van der Waals surface area contributed by atoms with E-state index in [0.29, 0.717) is 5.75 Å². The van der Waals surface area contributed by atoms with E-state index in [9.17, 15) is 4.79 Å². The van der Waals surface area contributed by atoms with Crippen LogP contribution in [0.4, 0.5) is 5.82 Å². The normalized spacial score (nSPS) is 18.9. The summed E-state index contributed by atoms with van der Waals surface area (Å²) < 4.78 is 10.0. The second-order valence-electron chi connectivity index (χ2n) is 7.97. The standard InChI is InChI=1S/C22H25N7O2/c1-23-20-9-19-18(12-24-20)22(14-10-26-28(2)13-14)27-29(19)15-3-5-16(6-4-15)31-17-7-8-21(30)25-11-17/h7-13,15-16H,3-6H2,1-2H3,(H,23,24)(H,25,30)/t15-,16+. The number of ether oxygens (including phenoxy) is 1. The van der Waals surface area contributed by atoms with Gasteiger partial charge in [-0.3, -0.25) is 14.2 Å². The third-order valence-electron chi connectivity index (χ3n) is 5.87. The van der Waals surface area contributed by atoms with Gasteiger partial charge in [0.05, 0.1) is 23.9 Å². The van der Waals surface area contributed by atoms with Gasteiger partial charge in [-0.1, -0.05) is 0 Å². The number of H-pyrrole nitrogens is 1. The first-order chi connectivity index (χ1) is 15.1. The first-order valence-corrected chi connectivity index (χ1v) is 10.5. The molecule has 1 fully saturated rings. The van der Waals surface area contributed by atoms with E-state index in [1.165, 1.54) is 6.07 Å². The number of aryl methyl sites for hydroxylation is 1. The van der Waals surface area contributed by atoms with Crippen molar-refractivity contribution in [3.05, 3.63) is 53.3 Å². The summed E-state index contributed by atoms with van der Waals surface area (Å²) in [5.41, 5.74) is 2.84. The van der Waals surface area contributed by atoms with Crippen LogP contribution in [0.5, 0.6) is 5.75 Å². The lowest BCUT2D eigenvalue weighted by Gasteiger charge is -2.29. The van der Waals surface area contributed by atoms with Gasteiger partial charge < -0.3 is 15.0 Å². The first-order valence-electron chi connectivity index (χ1n) is 10.5. The highest BCUT2D eigenvalue weighted by Crippen LogP contribution is 2.36. The van der Waals surface area contributed by atoms with E-state index in [-0.39, 0.29) is 17.7 Å². The van der Waals surface area contributed by atoms with Crippen LogP contribution in [-0.4, -0.2) is 42.7 Å². The number of nitrogens with zero attached hydrogens (tertiary/aromatic N) is 5. The third-order valence-corrected chi connectivity index (χ3v) is 5.87. The highest BCUT2D eigenvalue weighted by Gasteiger charge is 2.27. The van der Waals surface area contributed by atoms with Crippen LogP contribution in [0.2, 0.25) is 0 Å². The number of anilines is 1. The fourth-order valence-corrected chi connectivity index (χ4v) is 4.27. The molecule has 0 atom stereocenters. The van der Waals surface area contributed by atoms with Crippen molar-refractivity contribution in [2.45, 2.75) is 37.8 Å². The van der Waals surface area contributed by atoms with E-state index in [1.807, 2.05) is 32.7 Å². The molecule has 31 heavy (non-hydrogen) atoms. The Morgan fingerprint density at radius 3 is 2.71 bits per heavy atom. The molecule has 0 amide bonds. The summed E-state index contributed by atoms with van der Waals surface area (Å²) in [4.78, 5) is 18.4. The molecule has 1 saturated carbocycles. The van der Waals surface area contributed by atoms with E-state index in [4.69, 9.17) is 9.84 Å². The molecule has 9 nitrogen and oxygen atoms in total. The quantitative estimate of drug-likeness (QED) is 0.515. The topological polar surface area (TPSA) is 103 Å². The van der Waals surface area contributed by atoms with Crippen molar-refractivity contribution in [1.82, 2.24) is 29.5 Å². The molecule has 0 spiro atoms. The fourth-order valence-electron chi connectivity index (χ4n) is 4.27. The Bertz CT molecular complexity index is 1240. The lowest BCUT2D eigenvalue weighted by molar-refractivity contribution is 0.130. The molecule has 2 N–H and O–H groups in total. The molecule has 9 heteroatoms. The number of aromatic nitrogens is 6. The molecule has 1 aliphatic carbocycles. The molecule has 4 aromatic rings. The maximum atomic E-state index is 11.2. The summed E-state index contributed by atoms with van der Waals surface area (Å²) in [5.74, 6) is 1.53. The molecule has 1 aliphatic rings. The van der Waals surface area contributed by atoms with E-state index in [0.717, 1.165) is 53.7 Å². The summed E-state index contributed by atoms with van der Waals surface area (Å²) in [5, 5.41) is 13.5. The van der Waals surface area contributed by atoms with Crippen LogP contribution in [0.25, 0.3) is 22.2 Å². The maximum absolute atomic E-state index is 11.2. The van der Waals surface area contributed by atoms with Gasteiger partial charge in [-0.15, -0.1) is 0 Å². The van der Waals surface area contributed by atoms with E-state index in [2.05, 4.69) is 31.1 Å². The van der Waals surface area contributed by atoms with Crippen molar-refractivity contribution in [2.24, 2.45) is 7.05 Å². The Hall–Kier alpha value is -3.62. The Labute approximate surface area is 179 Å². The van der Waals surface area contributed by atoms with Crippen LogP contribution in [0.15, 0.2) is 47.8 Å². The predicted octanol–water partition coefficient (Wildman–Crippen LogP) is 3.12. The van der Waals surface area contributed by atoms with Crippen LogP contribution < -0.4 is 15.6 Å². The summed E-state index contributed by atoms with van der Waals surface area (Å²) in [6, 6.07) is 5.56. The molecule has 160 valence electrons. The average Bonchev–Trinajstić information content (AvgIpc) is 3.39. The monoisotopic (exact) mass is 419 g/mol. The lowest BCUT2D eigenvalue weighted by atomic mass is 9.93. The summed E-state index contributed by atoms with van der Waals surface area (Å²) in [7, 11) is 3.78. The van der Waals surface area contributed by atoms with Gasteiger partial charge in [-0.05, 0) is 31.7 Å². The minimum absolute atomic E-state index is 0.124. The smallest absolute Gasteiger partial charge is 0.248 e. The van der Waals surface area contributed by atoms with Gasteiger partial charge in [0.25, 0.3) is 0 Å². The van der Waals surface area contributed by atoms with E-state index in [1.54, 1.807) is 16.9 Å². The molecule has 0 radical (unpaired) electrons. The van der Waals surface area contributed by atoms with Crippen LogP contribution >= 0.6 is 0 Å². The van der Waals surface area contributed by atoms with Gasteiger partial charge in [0, 0.05) is 55.8 Å². The molecule has 0 saturated heterocycles. The molecule has 0 aliphatic heterocycles. The van der Waals surface area contributed by atoms with Crippen molar-refractivity contribution >= 4 is 16.7 Å². The molecular formula is C22H25N7O2. The highest BCUT2D eigenvalue weighted by molar-refractivity contribution is 5.93. The maximum Gasteiger partial charge on any atom is 0.248 e. The third kappa shape index (κ3) is 3.78. The molecule has 0 unspecified atom stereocenters. The second kappa shape index (κ2) is 7.90. The number of fused-ring (bicyclic) bond motifs is 1. The SMILES string of the molecule is CNc1cc2c(cn1)c(-c1cnn(C)c1)nn2[C@H]1CC[C@@H](Oc2ccc(=O)[nH]c2)CC1. The van der Waals surface area contributed by atoms with Crippen molar-refractivity contribution < 1.29 is 4.74 Å². The number of aromatic amines is 1. The van der Waals surface area contributed by atoms with Crippen molar-refractivity contribution in [3.8, 4) is 17.0 Å². The number of nitrogens with one attached hydrogen (secondary N) is 2. The van der Waals surface area contributed by atoms with Gasteiger partial charge in [-0.25, -0.2) is 4.98 Å². The zero-order valence-corrected chi connectivity index (χ0v) is 17.6. The first kappa shape index (κ1) is 19.3. The Morgan fingerprint density at radius 1 is 1.19 bits per heavy atom. The van der Waals surface area contributed by atoms with Crippen molar-refractivity contribution in [2.75, 3.05) is 12.4 Å². The zero-order chi connectivity index (χ0) is 21.4. The summed E-state index contributed by atoms with van der Waals surface area (Å²) in [6.07, 6.45) is 11.3. The lowest BCUT2D eigenvalue weighted by Crippen LogP contribution is -2.26. The Morgan fingerprint density at radius 2 is 2.03 bits per heavy atom. The Balaban J connectivity index is 1.41. The van der Waals surface area contributed by atoms with E-state index < -0.39 is 0 Å². The fraction of sp³-hybridized carbons (Fsp3) is 0.364. The summed E-state index contributed by atoms with van der Waals surface area (Å²) >= 11 is 0. The molecule has 0 bridgehead atoms. The largest absolute Gasteiger partial charge is 0.489 e. The summed E-state index contributed by atoms with van der Waals surface area (Å²) in [6.45, 7) is 0. The number of pyridine rings is 2. The predicted molar refractivity (Wildman–Crippen MR) is 118 cm³/mol. The van der Waals surface area contributed by atoms with Gasteiger partial charge in [0.15, 0.2) is 0 Å². The van der Waals surface area contributed by atoms with Gasteiger partial charge in [0.2, 0.25) is 5.56 Å². The number of rotatable bonds is 5. The highest BCUT2D eigenvalue weighted by atomic mass is 16.5. The van der Waals surface area contributed by atoms with Gasteiger partial charge >= 0.3 is 0 Å². The minimum atomic E-state index is -0.124. The Kier molecular flexibility index (Phi) is 4.93. The minimum Gasteiger partial charge on any atom is -0.489 e. The number of hydrogen-bond acceptors (Lipinski definition) is 6. The van der Waals surface area contributed by atoms with Gasteiger partial charge in [0.1, 0.15) is 17.3 Å². The molecule has 4 heterocycles. The van der Waals surface area contributed by atoms with Crippen LogP contribution in [0.1, 0.15) is 31.7 Å². The van der Waals surface area contributed by atoms with E-state index >= 15 is 0 Å². The van der Waals surface area contributed by atoms with Crippen molar-refractivity contribution in [1.29, 1.82) is 0 Å². The van der Waals surface area contributed by atoms with Crippen LogP contribution in [0.3, 0.4) is 0 Å².